The van der Waals surface area contributed by atoms with Crippen molar-refractivity contribution in [3.05, 3.63) is 28.8 Å². The van der Waals surface area contributed by atoms with Crippen molar-refractivity contribution in [2.24, 2.45) is 0 Å². The molecule has 1 aromatic rings. The Labute approximate surface area is 87.1 Å². The van der Waals surface area contributed by atoms with E-state index in [4.69, 9.17) is 16.9 Å². The molecule has 1 aromatic heterocycles. The van der Waals surface area contributed by atoms with Crippen LogP contribution in [-0.4, -0.2) is 10.2 Å². The lowest BCUT2D eigenvalue weighted by molar-refractivity contribution is 0.107. The van der Waals surface area contributed by atoms with Gasteiger partial charge in [0.1, 0.15) is 17.3 Å². The Bertz CT molecular complexity index is 456. The maximum atomic E-state index is 13.2. The summed E-state index contributed by atoms with van der Waals surface area (Å²) in [6, 6.07) is 1.29. The van der Waals surface area contributed by atoms with Gasteiger partial charge in [-0.05, 0) is 11.6 Å². The molecule has 0 aromatic carbocycles. The molecule has 1 rings (SSSR count). The van der Waals surface area contributed by atoms with Crippen LogP contribution in [-0.2, 0) is 0 Å². The van der Waals surface area contributed by atoms with Gasteiger partial charge >= 0.3 is 0 Å². The molecule has 0 N–H and O–H groups in total. The highest BCUT2D eigenvalue weighted by atomic mass is 35.5. The zero-order valence-corrected chi connectivity index (χ0v) is 7.73. The maximum Gasteiger partial charge on any atom is 0.283 e. The largest absolute Gasteiger partial charge is 0.283 e. The predicted molar refractivity (Wildman–Crippen MR) is 44.1 cm³/mol. The topological polar surface area (TPSA) is 53.8 Å². The fourth-order valence-electron chi connectivity index (χ4n) is 0.912. The van der Waals surface area contributed by atoms with Crippen LogP contribution in [0.1, 0.15) is 28.0 Å². The van der Waals surface area contributed by atoms with E-state index in [1.165, 1.54) is 6.07 Å². The molecule has 0 spiro atoms. The van der Waals surface area contributed by atoms with Crippen molar-refractivity contribution in [3.8, 4) is 6.07 Å². The fourth-order valence-corrected chi connectivity index (χ4v) is 1.06. The Hall–Kier alpha value is -1.61. The highest BCUT2D eigenvalue weighted by Gasteiger charge is 2.23. The lowest BCUT2D eigenvalue weighted by Crippen LogP contribution is -2.05. The molecule has 0 saturated heterocycles. The molecule has 15 heavy (non-hydrogen) atoms. The standard InChI is InChI=1S/C8H2ClF3N2O/c9-7(15)4-2-14-6(8(11)12)5(10)3(4)1-13/h2,8H. The van der Waals surface area contributed by atoms with E-state index in [2.05, 4.69) is 4.98 Å². The van der Waals surface area contributed by atoms with E-state index < -0.39 is 34.3 Å². The third kappa shape index (κ3) is 2.07. The van der Waals surface area contributed by atoms with Gasteiger partial charge in [-0.1, -0.05) is 0 Å². The summed E-state index contributed by atoms with van der Waals surface area (Å²) in [5.41, 5.74) is -2.52. The number of halogens is 4. The molecule has 0 unspecified atom stereocenters. The minimum absolute atomic E-state index is 0.527. The van der Waals surface area contributed by atoms with Crippen molar-refractivity contribution in [1.29, 1.82) is 5.26 Å². The summed E-state index contributed by atoms with van der Waals surface area (Å²) in [6.07, 6.45) is -2.50. The first kappa shape index (κ1) is 11.5. The van der Waals surface area contributed by atoms with Crippen LogP contribution in [0.4, 0.5) is 13.2 Å². The number of hydrogen-bond acceptors (Lipinski definition) is 3. The quantitative estimate of drug-likeness (QED) is 0.739. The third-order valence-electron chi connectivity index (χ3n) is 1.58. The van der Waals surface area contributed by atoms with E-state index in [1.807, 2.05) is 0 Å². The third-order valence-corrected chi connectivity index (χ3v) is 1.78. The first-order valence-corrected chi connectivity index (χ1v) is 3.93. The van der Waals surface area contributed by atoms with Gasteiger partial charge in [0.15, 0.2) is 5.82 Å². The first-order chi connectivity index (χ1) is 6.99. The lowest BCUT2D eigenvalue weighted by Gasteiger charge is -2.04. The number of aromatic nitrogens is 1. The number of hydrogen-bond donors (Lipinski definition) is 0. The molecule has 0 aliphatic rings. The number of nitriles is 1. The average Bonchev–Trinajstić information content (AvgIpc) is 2.16. The van der Waals surface area contributed by atoms with Gasteiger partial charge < -0.3 is 0 Å². The number of nitrogens with zero attached hydrogens (tertiary/aromatic N) is 2. The van der Waals surface area contributed by atoms with Crippen molar-refractivity contribution in [2.75, 3.05) is 0 Å². The van der Waals surface area contributed by atoms with E-state index in [9.17, 15) is 18.0 Å². The van der Waals surface area contributed by atoms with Crippen LogP contribution in [0.5, 0.6) is 0 Å². The summed E-state index contributed by atoms with van der Waals surface area (Å²) in [5.74, 6) is -1.51. The Morgan fingerprint density at radius 3 is 2.60 bits per heavy atom. The fraction of sp³-hybridized carbons (Fsp3) is 0.125. The van der Waals surface area contributed by atoms with Crippen LogP contribution in [0.25, 0.3) is 0 Å². The average molecular weight is 235 g/mol. The van der Waals surface area contributed by atoms with Gasteiger partial charge in [-0.15, -0.1) is 0 Å². The van der Waals surface area contributed by atoms with E-state index in [1.54, 1.807) is 0 Å². The summed E-state index contributed by atoms with van der Waals surface area (Å²) >= 11 is 5.01. The Morgan fingerprint density at radius 2 is 2.20 bits per heavy atom. The molecule has 0 saturated carbocycles. The zero-order valence-electron chi connectivity index (χ0n) is 6.97. The van der Waals surface area contributed by atoms with Gasteiger partial charge in [-0.2, -0.15) is 5.26 Å². The Balaban J connectivity index is 3.48. The van der Waals surface area contributed by atoms with E-state index >= 15 is 0 Å². The monoisotopic (exact) mass is 234 g/mol. The SMILES string of the molecule is N#Cc1c(C(=O)Cl)cnc(C(F)F)c1F. The maximum absolute atomic E-state index is 13.2. The van der Waals surface area contributed by atoms with Gasteiger partial charge in [0.2, 0.25) is 0 Å². The minimum atomic E-state index is -3.16. The molecule has 0 fully saturated rings. The van der Waals surface area contributed by atoms with Gasteiger partial charge in [0.05, 0.1) is 5.56 Å². The molecule has 0 bridgehead atoms. The van der Waals surface area contributed by atoms with Crippen LogP contribution >= 0.6 is 11.6 Å². The van der Waals surface area contributed by atoms with Gasteiger partial charge in [0, 0.05) is 6.20 Å². The number of pyridine rings is 1. The van der Waals surface area contributed by atoms with Crippen molar-refractivity contribution < 1.29 is 18.0 Å². The highest BCUT2D eigenvalue weighted by Crippen LogP contribution is 2.24. The smallest absolute Gasteiger partial charge is 0.275 e. The number of rotatable bonds is 2. The Morgan fingerprint density at radius 1 is 1.60 bits per heavy atom. The molecule has 0 radical (unpaired) electrons. The second-order valence-corrected chi connectivity index (χ2v) is 2.78. The number of alkyl halides is 2. The lowest BCUT2D eigenvalue weighted by atomic mass is 10.1. The molecule has 0 aliphatic carbocycles. The molecule has 0 atom stereocenters. The van der Waals surface area contributed by atoms with Crippen molar-refractivity contribution >= 4 is 16.8 Å². The molecule has 0 amide bonds. The van der Waals surface area contributed by atoms with Crippen LogP contribution < -0.4 is 0 Å². The van der Waals surface area contributed by atoms with Crippen LogP contribution in [0.2, 0.25) is 0 Å². The summed E-state index contributed by atoms with van der Waals surface area (Å²) in [4.78, 5) is 13.7. The second-order valence-electron chi connectivity index (χ2n) is 2.43. The molecule has 7 heteroatoms. The number of carbonyl (C=O) groups is 1. The second kappa shape index (κ2) is 4.28. The van der Waals surface area contributed by atoms with Crippen molar-refractivity contribution in [3.63, 3.8) is 0 Å². The molecule has 0 aliphatic heterocycles. The van der Waals surface area contributed by atoms with Crippen LogP contribution in [0.3, 0.4) is 0 Å². The number of carbonyl (C=O) groups excluding carboxylic acids is 1. The van der Waals surface area contributed by atoms with E-state index in [0.717, 1.165) is 0 Å². The molecular formula is C8H2ClF3N2O. The molecular weight excluding hydrogens is 233 g/mol. The molecule has 78 valence electrons. The van der Waals surface area contributed by atoms with Gasteiger partial charge in [0.25, 0.3) is 11.7 Å². The summed E-state index contributed by atoms with van der Waals surface area (Å²) in [7, 11) is 0. The van der Waals surface area contributed by atoms with Crippen LogP contribution in [0, 0.1) is 17.1 Å². The zero-order chi connectivity index (χ0) is 11.6. The minimum Gasteiger partial charge on any atom is -0.275 e. The van der Waals surface area contributed by atoms with Crippen LogP contribution in [0.15, 0.2) is 6.20 Å². The normalized spacial score (nSPS) is 10.1. The van der Waals surface area contributed by atoms with Crippen molar-refractivity contribution in [1.82, 2.24) is 4.98 Å². The van der Waals surface area contributed by atoms with Gasteiger partial charge in [-0.25, -0.2) is 13.2 Å². The van der Waals surface area contributed by atoms with Crippen molar-refractivity contribution in [2.45, 2.75) is 6.43 Å². The highest BCUT2D eigenvalue weighted by molar-refractivity contribution is 6.68. The van der Waals surface area contributed by atoms with E-state index in [0.29, 0.717) is 6.20 Å². The Kier molecular flexibility index (Phi) is 3.27. The molecule has 1 heterocycles. The first-order valence-electron chi connectivity index (χ1n) is 3.55. The summed E-state index contributed by atoms with van der Waals surface area (Å²) in [5, 5.41) is 7.35. The van der Waals surface area contributed by atoms with E-state index in [-0.39, 0.29) is 0 Å². The summed E-state index contributed by atoms with van der Waals surface area (Å²) < 4.78 is 37.5. The summed E-state index contributed by atoms with van der Waals surface area (Å²) in [6.45, 7) is 0. The molecule has 3 nitrogen and oxygen atoms in total. The predicted octanol–water partition coefficient (Wildman–Crippen LogP) is 2.41. The van der Waals surface area contributed by atoms with Gasteiger partial charge in [-0.3, -0.25) is 9.78 Å².